The second kappa shape index (κ2) is 7.12. The van der Waals surface area contributed by atoms with Crippen LogP contribution in [0.1, 0.15) is 27.1 Å². The molecular weight excluding hydrogens is 315 g/mol. The van der Waals surface area contributed by atoms with E-state index < -0.39 is 7.25 Å². The third kappa shape index (κ3) is 6.39. The number of halogens is 4. The van der Waals surface area contributed by atoms with E-state index in [-0.39, 0.29) is 11.8 Å². The van der Waals surface area contributed by atoms with Gasteiger partial charge < -0.3 is 21.7 Å². The van der Waals surface area contributed by atoms with Crippen molar-refractivity contribution in [1.29, 1.82) is 0 Å². The molecule has 1 aliphatic rings. The third-order valence-corrected chi connectivity index (χ3v) is 3.09. The highest BCUT2D eigenvalue weighted by atomic mass is 19.5. The zero-order valence-electron chi connectivity index (χ0n) is 13.2. The minimum atomic E-state index is -6.00. The normalized spacial score (nSPS) is 14.5. The van der Waals surface area contributed by atoms with Gasteiger partial charge in [0.1, 0.15) is 0 Å². The summed E-state index contributed by atoms with van der Waals surface area (Å²) in [7, 11) is 0.299. The Morgan fingerprint density at radius 1 is 0.957 bits per heavy atom. The topological polar surface area (TPSA) is 37.4 Å². The smallest absolute Gasteiger partial charge is 0.418 e. The summed E-state index contributed by atoms with van der Waals surface area (Å²) < 4.78 is 39.8. The highest BCUT2D eigenvalue weighted by molar-refractivity contribution is 6.50. The molecular formula is C14H19BF4N2O2. The summed E-state index contributed by atoms with van der Waals surface area (Å²) >= 11 is 0. The van der Waals surface area contributed by atoms with E-state index in [1.165, 1.54) is 4.90 Å². The Morgan fingerprint density at radius 2 is 1.35 bits per heavy atom. The number of hydrogen-bond acceptors (Lipinski definition) is 2. The molecule has 0 saturated heterocycles. The number of quaternary nitrogens is 1. The van der Waals surface area contributed by atoms with E-state index in [9.17, 15) is 26.9 Å². The third-order valence-electron chi connectivity index (χ3n) is 3.09. The van der Waals surface area contributed by atoms with Gasteiger partial charge in [0, 0.05) is 13.0 Å². The number of amides is 2. The van der Waals surface area contributed by atoms with Crippen molar-refractivity contribution in [2.45, 2.75) is 6.42 Å². The molecule has 0 radical (unpaired) electrons. The fourth-order valence-corrected chi connectivity index (χ4v) is 2.15. The predicted molar refractivity (Wildman–Crippen MR) is 79.5 cm³/mol. The van der Waals surface area contributed by atoms with Crippen LogP contribution in [0.5, 0.6) is 0 Å². The molecule has 128 valence electrons. The summed E-state index contributed by atoms with van der Waals surface area (Å²) in [6.45, 7) is 1.44. The average Bonchev–Trinajstić information content (AvgIpc) is 2.61. The van der Waals surface area contributed by atoms with Gasteiger partial charge in [0.2, 0.25) is 0 Å². The lowest BCUT2D eigenvalue weighted by Crippen LogP contribution is -2.38. The second-order valence-electron chi connectivity index (χ2n) is 6.17. The molecule has 0 atom stereocenters. The van der Waals surface area contributed by atoms with Crippen molar-refractivity contribution in [3.63, 3.8) is 0 Å². The van der Waals surface area contributed by atoms with E-state index in [4.69, 9.17) is 0 Å². The number of hydrogen-bond donors (Lipinski definition) is 0. The zero-order chi connectivity index (χ0) is 17.8. The Balaban J connectivity index is 0.000000463. The van der Waals surface area contributed by atoms with E-state index in [1.54, 1.807) is 24.3 Å². The molecule has 1 aromatic rings. The molecule has 0 bridgehead atoms. The molecule has 2 amide bonds. The van der Waals surface area contributed by atoms with Gasteiger partial charge in [-0.15, -0.1) is 0 Å². The van der Waals surface area contributed by atoms with E-state index in [2.05, 4.69) is 21.1 Å². The van der Waals surface area contributed by atoms with Gasteiger partial charge in [-0.3, -0.25) is 14.5 Å². The van der Waals surface area contributed by atoms with Crippen molar-refractivity contribution < 1.29 is 31.3 Å². The number of nitrogens with zero attached hydrogens (tertiary/aromatic N) is 2. The molecule has 1 aromatic carbocycles. The van der Waals surface area contributed by atoms with E-state index in [0.29, 0.717) is 17.7 Å². The summed E-state index contributed by atoms with van der Waals surface area (Å²) in [4.78, 5) is 25.5. The molecule has 9 heteroatoms. The van der Waals surface area contributed by atoms with Crippen molar-refractivity contribution in [2.24, 2.45) is 0 Å². The first-order valence-electron chi connectivity index (χ1n) is 7.03. The SMILES string of the molecule is C[N+](C)(C)CCCN1C(=O)c2ccccc2C1=O.F[B-](F)(F)F. The first-order valence-corrected chi connectivity index (χ1v) is 7.03. The largest absolute Gasteiger partial charge is 0.673 e. The van der Waals surface area contributed by atoms with Crippen molar-refractivity contribution in [2.75, 3.05) is 34.2 Å². The standard InChI is InChI=1S/C14H19N2O2.BF4/c1-16(2,3)10-6-9-15-13(17)11-7-4-5-8-12(11)14(15)18;2-1(3,4)5/h4-5,7-8H,6,9-10H2,1-3H3;/q+1;-1. The van der Waals surface area contributed by atoms with Gasteiger partial charge in [-0.1, -0.05) is 12.1 Å². The molecule has 2 rings (SSSR count). The van der Waals surface area contributed by atoms with Crippen LogP contribution >= 0.6 is 0 Å². The number of rotatable bonds is 4. The Labute approximate surface area is 132 Å². The molecule has 4 nitrogen and oxygen atoms in total. The summed E-state index contributed by atoms with van der Waals surface area (Å²) in [6, 6.07) is 7.02. The Morgan fingerprint density at radius 3 is 1.70 bits per heavy atom. The van der Waals surface area contributed by atoms with Crippen LogP contribution in [0.4, 0.5) is 17.3 Å². The molecule has 0 unspecified atom stereocenters. The van der Waals surface area contributed by atoms with Crippen LogP contribution in [0.2, 0.25) is 0 Å². The van der Waals surface area contributed by atoms with E-state index in [1.807, 2.05) is 0 Å². The van der Waals surface area contributed by atoms with Gasteiger partial charge in [0.25, 0.3) is 11.8 Å². The van der Waals surface area contributed by atoms with Crippen molar-refractivity contribution >= 4 is 19.1 Å². The molecule has 0 fully saturated rings. The lowest BCUT2D eigenvalue weighted by atomic mass is 10.1. The fraction of sp³-hybridized carbons (Fsp3) is 0.429. The monoisotopic (exact) mass is 334 g/mol. The number of imide groups is 1. The van der Waals surface area contributed by atoms with Gasteiger partial charge in [0.05, 0.1) is 38.8 Å². The van der Waals surface area contributed by atoms with Crippen molar-refractivity contribution in [3.8, 4) is 0 Å². The zero-order valence-corrected chi connectivity index (χ0v) is 13.2. The predicted octanol–water partition coefficient (Wildman–Crippen LogP) is 2.68. The van der Waals surface area contributed by atoms with Crippen LogP contribution in [0.15, 0.2) is 24.3 Å². The fourth-order valence-electron chi connectivity index (χ4n) is 2.15. The maximum Gasteiger partial charge on any atom is 0.673 e. The Bertz CT molecular complexity index is 544. The van der Waals surface area contributed by atoms with Gasteiger partial charge >= 0.3 is 7.25 Å². The number of fused-ring (bicyclic) bond motifs is 1. The van der Waals surface area contributed by atoms with Gasteiger partial charge in [-0.25, -0.2) is 0 Å². The van der Waals surface area contributed by atoms with Crippen LogP contribution in [0, 0.1) is 0 Å². The van der Waals surface area contributed by atoms with Crippen LogP contribution in [0.25, 0.3) is 0 Å². The molecule has 1 aliphatic heterocycles. The molecule has 23 heavy (non-hydrogen) atoms. The first-order chi connectivity index (χ1) is 10.4. The van der Waals surface area contributed by atoms with Crippen molar-refractivity contribution in [1.82, 2.24) is 4.90 Å². The highest BCUT2D eigenvalue weighted by Gasteiger charge is 2.34. The van der Waals surface area contributed by atoms with E-state index >= 15 is 0 Å². The molecule has 0 spiro atoms. The number of carbonyl (C=O) groups is 2. The maximum atomic E-state index is 12.1. The number of benzene rings is 1. The molecule has 0 aromatic heterocycles. The lowest BCUT2D eigenvalue weighted by Gasteiger charge is -2.24. The van der Waals surface area contributed by atoms with Gasteiger partial charge in [0.15, 0.2) is 0 Å². The van der Waals surface area contributed by atoms with Gasteiger partial charge in [-0.2, -0.15) is 0 Å². The minimum Gasteiger partial charge on any atom is -0.418 e. The maximum absolute atomic E-state index is 12.1. The van der Waals surface area contributed by atoms with Crippen LogP contribution in [0.3, 0.4) is 0 Å². The lowest BCUT2D eigenvalue weighted by molar-refractivity contribution is -0.870. The average molecular weight is 334 g/mol. The summed E-state index contributed by atoms with van der Waals surface area (Å²) in [5.74, 6) is -0.311. The molecule has 1 heterocycles. The highest BCUT2D eigenvalue weighted by Crippen LogP contribution is 2.22. The Hall–Kier alpha value is -1.90. The number of carbonyl (C=O) groups excluding carboxylic acids is 2. The van der Waals surface area contributed by atoms with Crippen molar-refractivity contribution in [3.05, 3.63) is 35.4 Å². The van der Waals surface area contributed by atoms with Gasteiger partial charge in [-0.05, 0) is 12.1 Å². The van der Waals surface area contributed by atoms with Crippen LogP contribution < -0.4 is 0 Å². The van der Waals surface area contributed by atoms with Crippen LogP contribution in [-0.4, -0.2) is 62.7 Å². The summed E-state index contributed by atoms with van der Waals surface area (Å²) in [5, 5.41) is 0. The van der Waals surface area contributed by atoms with E-state index in [0.717, 1.165) is 17.4 Å². The summed E-state index contributed by atoms with van der Waals surface area (Å²) in [5.41, 5.74) is 1.07. The first kappa shape index (κ1) is 19.2. The molecule has 0 saturated carbocycles. The second-order valence-corrected chi connectivity index (χ2v) is 6.17. The Kier molecular flexibility index (Phi) is 5.93. The minimum absolute atomic E-state index is 0.156. The summed E-state index contributed by atoms with van der Waals surface area (Å²) in [6.07, 6.45) is 0.828. The van der Waals surface area contributed by atoms with Crippen LogP contribution in [-0.2, 0) is 0 Å². The molecule has 0 N–H and O–H groups in total. The quantitative estimate of drug-likeness (QED) is 0.367. The molecule has 0 aliphatic carbocycles.